The van der Waals surface area contributed by atoms with E-state index in [-0.39, 0.29) is 0 Å². The van der Waals surface area contributed by atoms with Crippen LogP contribution in [0.4, 0.5) is 0 Å². The smallest absolute Gasteiger partial charge is 0.0426 e. The lowest BCUT2D eigenvalue weighted by Crippen LogP contribution is -2.03. The largest absolute Gasteiger partial charge is 0.0843 e. The Labute approximate surface area is 151 Å². The molecule has 4 aromatic rings. The fourth-order valence-corrected chi connectivity index (χ4v) is 4.08. The van der Waals surface area contributed by atoms with Crippen LogP contribution in [0.3, 0.4) is 0 Å². The SMILES string of the molecule is C/C=c1/ccc2c(-c3cc(Cl)cc(Cl)c3)ccc3ccc(C)c1c32. The van der Waals surface area contributed by atoms with Crippen molar-refractivity contribution in [2.45, 2.75) is 13.8 Å². The van der Waals surface area contributed by atoms with Gasteiger partial charge in [0.15, 0.2) is 0 Å². The van der Waals surface area contributed by atoms with Gasteiger partial charge in [-0.15, -0.1) is 0 Å². The van der Waals surface area contributed by atoms with Crippen LogP contribution >= 0.6 is 23.2 Å². The van der Waals surface area contributed by atoms with Crippen LogP contribution in [0.25, 0.3) is 38.7 Å². The Morgan fingerprint density at radius 1 is 0.792 bits per heavy atom. The van der Waals surface area contributed by atoms with Crippen LogP contribution in [-0.4, -0.2) is 0 Å². The highest BCUT2D eigenvalue weighted by Gasteiger charge is 2.11. The quantitative estimate of drug-likeness (QED) is 0.354. The van der Waals surface area contributed by atoms with Crippen molar-refractivity contribution in [1.82, 2.24) is 0 Å². The number of hydrogen-bond acceptors (Lipinski definition) is 0. The van der Waals surface area contributed by atoms with Gasteiger partial charge in [0.05, 0.1) is 0 Å². The van der Waals surface area contributed by atoms with Crippen molar-refractivity contribution in [2.75, 3.05) is 0 Å². The van der Waals surface area contributed by atoms with E-state index in [0.29, 0.717) is 10.0 Å². The van der Waals surface area contributed by atoms with Gasteiger partial charge in [0, 0.05) is 10.0 Å². The minimum atomic E-state index is 0.656. The third-order valence-electron chi connectivity index (χ3n) is 4.64. The Balaban J connectivity index is 2.19. The molecular formula is C22H16Cl2. The van der Waals surface area contributed by atoms with Gasteiger partial charge >= 0.3 is 0 Å². The maximum Gasteiger partial charge on any atom is 0.0426 e. The Morgan fingerprint density at radius 2 is 1.50 bits per heavy atom. The van der Waals surface area contributed by atoms with Gasteiger partial charge in [-0.1, -0.05) is 65.7 Å². The van der Waals surface area contributed by atoms with E-state index in [1.165, 1.54) is 32.3 Å². The predicted molar refractivity (Wildman–Crippen MR) is 107 cm³/mol. The van der Waals surface area contributed by atoms with Crippen LogP contribution < -0.4 is 5.22 Å². The molecule has 118 valence electrons. The molecule has 4 aromatic carbocycles. The summed E-state index contributed by atoms with van der Waals surface area (Å²) in [7, 11) is 0. The van der Waals surface area contributed by atoms with Crippen LogP contribution in [0, 0.1) is 6.92 Å². The lowest BCUT2D eigenvalue weighted by molar-refractivity contribution is 1.52. The molecule has 0 amide bonds. The highest BCUT2D eigenvalue weighted by molar-refractivity contribution is 6.35. The summed E-state index contributed by atoms with van der Waals surface area (Å²) in [5, 5.41) is 7.70. The first-order valence-electron chi connectivity index (χ1n) is 7.96. The predicted octanol–water partition coefficient (Wildman–Crippen LogP) is 6.79. The summed E-state index contributed by atoms with van der Waals surface area (Å²) in [5.41, 5.74) is 3.50. The van der Waals surface area contributed by atoms with E-state index in [4.69, 9.17) is 23.2 Å². The molecule has 0 aliphatic rings. The van der Waals surface area contributed by atoms with Crippen LogP contribution in [0.1, 0.15) is 12.5 Å². The standard InChI is InChI=1S/C22H16Cl2/c1-3-14-6-9-20-19(16-10-17(23)12-18(24)11-16)8-7-15-5-4-13(2)21(14)22(15)20/h3-12H,1-2H3/b14-3-. The average molecular weight is 351 g/mol. The first kappa shape index (κ1) is 15.5. The summed E-state index contributed by atoms with van der Waals surface area (Å²) in [4.78, 5) is 0. The molecule has 2 heteroatoms. The summed E-state index contributed by atoms with van der Waals surface area (Å²) >= 11 is 12.4. The lowest BCUT2D eigenvalue weighted by Gasteiger charge is -2.14. The van der Waals surface area contributed by atoms with Crippen LogP contribution in [0.5, 0.6) is 0 Å². The van der Waals surface area contributed by atoms with Crippen LogP contribution in [0.15, 0.2) is 54.6 Å². The van der Waals surface area contributed by atoms with E-state index in [9.17, 15) is 0 Å². The van der Waals surface area contributed by atoms with Crippen LogP contribution in [-0.2, 0) is 0 Å². The average Bonchev–Trinajstić information content (AvgIpc) is 2.56. The highest BCUT2D eigenvalue weighted by Crippen LogP contribution is 2.36. The molecule has 0 fully saturated rings. The molecule has 0 radical (unpaired) electrons. The van der Waals surface area contributed by atoms with Gasteiger partial charge in [-0.05, 0) is 75.5 Å². The van der Waals surface area contributed by atoms with Gasteiger partial charge in [-0.3, -0.25) is 0 Å². The molecule has 0 atom stereocenters. The topological polar surface area (TPSA) is 0 Å². The molecule has 0 spiro atoms. The second-order valence-corrected chi connectivity index (χ2v) is 6.99. The number of aryl methyl sites for hydroxylation is 1. The number of benzene rings is 4. The van der Waals surface area contributed by atoms with E-state index in [2.05, 4.69) is 56.3 Å². The minimum absolute atomic E-state index is 0.656. The monoisotopic (exact) mass is 350 g/mol. The molecule has 0 aromatic heterocycles. The molecule has 0 nitrogen and oxygen atoms in total. The molecule has 0 saturated carbocycles. The van der Waals surface area contributed by atoms with E-state index in [1.807, 2.05) is 12.1 Å². The summed E-state index contributed by atoms with van der Waals surface area (Å²) in [6.07, 6.45) is 2.17. The number of hydrogen-bond donors (Lipinski definition) is 0. The normalized spacial score (nSPS) is 12.4. The van der Waals surface area contributed by atoms with E-state index in [1.54, 1.807) is 6.07 Å². The second-order valence-electron chi connectivity index (χ2n) is 6.12. The van der Waals surface area contributed by atoms with Crippen molar-refractivity contribution in [3.8, 4) is 11.1 Å². The van der Waals surface area contributed by atoms with Gasteiger partial charge in [0.2, 0.25) is 0 Å². The van der Waals surface area contributed by atoms with Crippen molar-refractivity contribution in [1.29, 1.82) is 0 Å². The third kappa shape index (κ3) is 2.38. The van der Waals surface area contributed by atoms with E-state index < -0.39 is 0 Å². The Morgan fingerprint density at radius 3 is 2.21 bits per heavy atom. The molecule has 0 aliphatic heterocycles. The minimum Gasteiger partial charge on any atom is -0.0843 e. The summed E-state index contributed by atoms with van der Waals surface area (Å²) in [6.45, 7) is 4.26. The molecule has 0 bridgehead atoms. The number of halogens is 2. The zero-order valence-corrected chi connectivity index (χ0v) is 15.0. The Hall–Kier alpha value is -2.02. The third-order valence-corrected chi connectivity index (χ3v) is 5.07. The zero-order valence-electron chi connectivity index (χ0n) is 13.5. The van der Waals surface area contributed by atoms with Crippen molar-refractivity contribution >= 4 is 50.8 Å². The van der Waals surface area contributed by atoms with Gasteiger partial charge in [0.25, 0.3) is 0 Å². The van der Waals surface area contributed by atoms with Gasteiger partial charge in [-0.25, -0.2) is 0 Å². The van der Waals surface area contributed by atoms with Crippen molar-refractivity contribution in [3.05, 3.63) is 75.4 Å². The molecule has 24 heavy (non-hydrogen) atoms. The first-order chi connectivity index (χ1) is 11.6. The first-order valence-corrected chi connectivity index (χ1v) is 8.71. The van der Waals surface area contributed by atoms with Crippen LogP contribution in [0.2, 0.25) is 10.0 Å². The van der Waals surface area contributed by atoms with E-state index in [0.717, 1.165) is 11.1 Å². The van der Waals surface area contributed by atoms with E-state index >= 15 is 0 Å². The maximum atomic E-state index is 6.22. The molecule has 0 saturated heterocycles. The second kappa shape index (κ2) is 5.81. The fourth-order valence-electron chi connectivity index (χ4n) is 3.55. The highest BCUT2D eigenvalue weighted by atomic mass is 35.5. The molecule has 0 aliphatic carbocycles. The fraction of sp³-hybridized carbons (Fsp3) is 0.0909. The van der Waals surface area contributed by atoms with Crippen molar-refractivity contribution < 1.29 is 0 Å². The molecular weight excluding hydrogens is 335 g/mol. The Kier molecular flexibility index (Phi) is 3.75. The summed E-state index contributed by atoms with van der Waals surface area (Å²) < 4.78 is 0. The zero-order chi connectivity index (χ0) is 16.8. The molecule has 0 heterocycles. The van der Waals surface area contributed by atoms with Crippen molar-refractivity contribution in [2.24, 2.45) is 0 Å². The van der Waals surface area contributed by atoms with Gasteiger partial charge in [-0.2, -0.15) is 0 Å². The molecule has 0 N–H and O–H groups in total. The van der Waals surface area contributed by atoms with Gasteiger partial charge in [0.1, 0.15) is 0 Å². The summed E-state index contributed by atoms with van der Waals surface area (Å²) in [6, 6.07) is 18.8. The summed E-state index contributed by atoms with van der Waals surface area (Å²) in [5.74, 6) is 0. The van der Waals surface area contributed by atoms with Gasteiger partial charge < -0.3 is 0 Å². The molecule has 4 rings (SSSR count). The van der Waals surface area contributed by atoms with Crippen molar-refractivity contribution in [3.63, 3.8) is 0 Å². The maximum absolute atomic E-state index is 6.22. The lowest BCUT2D eigenvalue weighted by atomic mass is 9.90. The Bertz CT molecular complexity index is 1120. The molecule has 0 unspecified atom stereocenters. The number of rotatable bonds is 1.